The Labute approximate surface area is 159 Å². The minimum Gasteiger partial charge on any atom is -0.385 e. The summed E-state index contributed by atoms with van der Waals surface area (Å²) in [5, 5.41) is 9.45. The first-order chi connectivity index (χ1) is 11.9. The molecule has 4 heteroatoms. The summed E-state index contributed by atoms with van der Waals surface area (Å²) in [5.41, 5.74) is 0. The molecule has 0 heterocycles. The van der Waals surface area contributed by atoms with Gasteiger partial charge >= 0.3 is 7.80 Å². The molecule has 0 aromatic carbocycles. The highest BCUT2D eigenvalue weighted by molar-refractivity contribution is 7.45. The third kappa shape index (κ3) is 14.8. The summed E-state index contributed by atoms with van der Waals surface area (Å²) in [4.78, 5) is 0. The number of quaternary nitrogens is 1. The van der Waals surface area contributed by atoms with Crippen molar-refractivity contribution >= 4 is 7.80 Å². The predicted octanol–water partition coefficient (Wildman–Crippen LogP) is 6.32. The molecular formula is C21H46NO2P+2. The summed E-state index contributed by atoms with van der Waals surface area (Å²) in [6.07, 6.45) is 19.6. The van der Waals surface area contributed by atoms with E-state index in [-0.39, 0.29) is 12.4 Å². The van der Waals surface area contributed by atoms with Crippen LogP contribution < -0.4 is 0 Å². The van der Waals surface area contributed by atoms with Crippen molar-refractivity contribution in [1.82, 2.24) is 0 Å². The largest absolute Gasteiger partial charge is 0.403 e. The smallest absolute Gasteiger partial charge is 0.385 e. The van der Waals surface area contributed by atoms with Gasteiger partial charge in [0.25, 0.3) is 5.78 Å². The van der Waals surface area contributed by atoms with E-state index in [1.165, 1.54) is 83.5 Å². The lowest BCUT2D eigenvalue weighted by molar-refractivity contribution is -0.882. The summed E-state index contributed by atoms with van der Waals surface area (Å²) in [6, 6.07) is 0. The zero-order chi connectivity index (χ0) is 19.0. The Hall–Kier alpha value is 0.0200. The Bertz CT molecular complexity index is 316. The Kier molecular flexibility index (Phi) is 16.2. The van der Waals surface area contributed by atoms with Crippen LogP contribution >= 0.6 is 7.80 Å². The van der Waals surface area contributed by atoms with Gasteiger partial charge in [0.05, 0.1) is 21.1 Å². The molecule has 2 atom stereocenters. The predicted molar refractivity (Wildman–Crippen MR) is 112 cm³/mol. The fourth-order valence-corrected chi connectivity index (χ4v) is 5.12. The topological polar surface area (TPSA) is 37.3 Å². The van der Waals surface area contributed by atoms with Crippen molar-refractivity contribution in [1.29, 1.82) is 0 Å². The Balaban J connectivity index is 3.38. The minimum atomic E-state index is -1.30. The number of nitrogens with zero attached hydrogens (tertiary/aromatic N) is 1. The molecule has 0 saturated carbocycles. The van der Waals surface area contributed by atoms with Crippen LogP contribution in [0, 0.1) is 0 Å². The average Bonchev–Trinajstić information content (AvgIpc) is 2.54. The molecule has 25 heavy (non-hydrogen) atoms. The molecule has 0 radical (unpaired) electrons. The summed E-state index contributed by atoms with van der Waals surface area (Å²) in [5.74, 6) is -0.114. The maximum absolute atomic E-state index is 12.3. The molecule has 0 fully saturated rings. The lowest BCUT2D eigenvalue weighted by Gasteiger charge is -2.25. The van der Waals surface area contributed by atoms with Crippen molar-refractivity contribution in [3.63, 3.8) is 0 Å². The van der Waals surface area contributed by atoms with Gasteiger partial charge in [-0.15, -0.1) is 0 Å². The van der Waals surface area contributed by atoms with E-state index < -0.39 is 7.80 Å². The van der Waals surface area contributed by atoms with Crippen LogP contribution in [0.25, 0.3) is 0 Å². The second kappa shape index (κ2) is 16.2. The van der Waals surface area contributed by atoms with Gasteiger partial charge in [0.1, 0.15) is 6.61 Å². The quantitative estimate of drug-likeness (QED) is 0.173. The van der Waals surface area contributed by atoms with Crippen LogP contribution in [0.4, 0.5) is 0 Å². The van der Waals surface area contributed by atoms with Crippen molar-refractivity contribution in [2.45, 2.75) is 103 Å². The minimum absolute atomic E-state index is 0.0251. The molecule has 0 rings (SSSR count). The number of aliphatic hydroxyl groups is 1. The SMILES string of the molecule is CCCCCCCCCCCCCCCC[P+](=O)C(CO)[N+](C)(C)C. The molecular weight excluding hydrogens is 329 g/mol. The number of rotatable bonds is 18. The van der Waals surface area contributed by atoms with Crippen LogP contribution in [0.1, 0.15) is 96.8 Å². The van der Waals surface area contributed by atoms with E-state index in [0.717, 1.165) is 12.6 Å². The highest BCUT2D eigenvalue weighted by Gasteiger charge is 2.40. The van der Waals surface area contributed by atoms with Crippen molar-refractivity contribution < 1.29 is 14.2 Å². The molecule has 0 bridgehead atoms. The van der Waals surface area contributed by atoms with E-state index in [1.54, 1.807) is 0 Å². The molecule has 2 unspecified atom stereocenters. The highest BCUT2D eigenvalue weighted by atomic mass is 31.1. The van der Waals surface area contributed by atoms with Crippen LogP contribution in [0.5, 0.6) is 0 Å². The molecule has 150 valence electrons. The van der Waals surface area contributed by atoms with E-state index in [1.807, 2.05) is 21.1 Å². The number of aliphatic hydroxyl groups excluding tert-OH is 1. The van der Waals surface area contributed by atoms with Gasteiger partial charge in [-0.3, -0.25) is 4.48 Å². The maximum Gasteiger partial charge on any atom is 0.403 e. The van der Waals surface area contributed by atoms with Crippen LogP contribution in [-0.4, -0.2) is 49.3 Å². The van der Waals surface area contributed by atoms with Crippen molar-refractivity contribution in [3.05, 3.63) is 0 Å². The van der Waals surface area contributed by atoms with E-state index in [9.17, 15) is 9.67 Å². The summed E-state index contributed by atoms with van der Waals surface area (Å²) in [6.45, 7) is 2.30. The summed E-state index contributed by atoms with van der Waals surface area (Å²) < 4.78 is 12.9. The van der Waals surface area contributed by atoms with E-state index >= 15 is 0 Å². The molecule has 3 nitrogen and oxygen atoms in total. The average molecular weight is 376 g/mol. The zero-order valence-corrected chi connectivity index (χ0v) is 18.5. The summed E-state index contributed by atoms with van der Waals surface area (Å²) >= 11 is 0. The van der Waals surface area contributed by atoms with Gasteiger partial charge in [-0.25, -0.2) is 0 Å². The molecule has 1 N–H and O–H groups in total. The third-order valence-electron chi connectivity index (χ3n) is 5.12. The van der Waals surface area contributed by atoms with Gasteiger partial charge < -0.3 is 5.11 Å². The fourth-order valence-electron chi connectivity index (χ4n) is 3.33. The van der Waals surface area contributed by atoms with Gasteiger partial charge in [0.15, 0.2) is 6.16 Å². The summed E-state index contributed by atoms with van der Waals surface area (Å²) in [7, 11) is 4.74. The van der Waals surface area contributed by atoms with Crippen LogP contribution in [0.2, 0.25) is 0 Å². The normalized spacial score (nSPS) is 13.9. The molecule has 0 aliphatic heterocycles. The van der Waals surface area contributed by atoms with Crippen molar-refractivity contribution in [2.24, 2.45) is 0 Å². The molecule has 0 aromatic rings. The number of unbranched alkanes of at least 4 members (excludes halogenated alkanes) is 13. The Morgan fingerprint density at radius 3 is 1.40 bits per heavy atom. The molecule has 0 aliphatic rings. The van der Waals surface area contributed by atoms with Crippen LogP contribution in [-0.2, 0) is 4.57 Å². The third-order valence-corrected chi connectivity index (χ3v) is 7.40. The number of hydrogen-bond donors (Lipinski definition) is 1. The molecule has 0 amide bonds. The van der Waals surface area contributed by atoms with Crippen molar-refractivity contribution in [3.8, 4) is 0 Å². The lowest BCUT2D eigenvalue weighted by Crippen LogP contribution is -2.45. The van der Waals surface area contributed by atoms with Gasteiger partial charge in [-0.05, 0) is 12.8 Å². The number of likely N-dealkylation sites (N-methyl/N-ethyl adjacent to an activating group) is 1. The van der Waals surface area contributed by atoms with Gasteiger partial charge in [-0.2, -0.15) is 0 Å². The second-order valence-corrected chi connectivity index (χ2v) is 10.4. The Morgan fingerprint density at radius 2 is 1.08 bits per heavy atom. The van der Waals surface area contributed by atoms with Crippen molar-refractivity contribution in [2.75, 3.05) is 33.9 Å². The molecule has 0 saturated heterocycles. The fraction of sp³-hybridized carbons (Fsp3) is 1.00. The van der Waals surface area contributed by atoms with Crippen LogP contribution in [0.3, 0.4) is 0 Å². The monoisotopic (exact) mass is 375 g/mol. The van der Waals surface area contributed by atoms with Gasteiger partial charge in [-0.1, -0.05) is 88.5 Å². The van der Waals surface area contributed by atoms with E-state index in [4.69, 9.17) is 0 Å². The first-order valence-corrected chi connectivity index (χ1v) is 12.3. The zero-order valence-electron chi connectivity index (χ0n) is 17.6. The lowest BCUT2D eigenvalue weighted by atomic mass is 10.0. The van der Waals surface area contributed by atoms with E-state index in [0.29, 0.717) is 4.48 Å². The Morgan fingerprint density at radius 1 is 0.720 bits per heavy atom. The van der Waals surface area contributed by atoms with Crippen LogP contribution in [0.15, 0.2) is 0 Å². The molecule has 0 aliphatic carbocycles. The highest BCUT2D eigenvalue weighted by Crippen LogP contribution is 2.33. The molecule has 0 spiro atoms. The van der Waals surface area contributed by atoms with Gasteiger partial charge in [0, 0.05) is 0 Å². The maximum atomic E-state index is 12.3. The molecule has 0 aromatic heterocycles. The number of hydrogen-bond acceptors (Lipinski definition) is 2. The second-order valence-electron chi connectivity index (χ2n) is 8.52. The first-order valence-electron chi connectivity index (χ1n) is 10.8. The van der Waals surface area contributed by atoms with E-state index in [2.05, 4.69) is 6.92 Å². The standard InChI is InChI=1S/C21H46NO2P/c1-5-6-7-8-9-10-11-12-13-14-15-16-17-18-19-25(24)21(20-23)22(2,3)4/h21,23H,5-20H2,1-4H3/q+2. The van der Waals surface area contributed by atoms with Gasteiger partial charge in [0.2, 0.25) is 0 Å². The first kappa shape index (κ1) is 25.0.